The number of aliphatic carboxylic acids is 1. The summed E-state index contributed by atoms with van der Waals surface area (Å²) in [6, 6.07) is 6.32. The molecular weight excluding hydrogens is 464 g/mol. The van der Waals surface area contributed by atoms with E-state index < -0.39 is 17.0 Å². The van der Waals surface area contributed by atoms with E-state index in [1.807, 2.05) is 0 Å². The molecule has 0 radical (unpaired) electrons. The monoisotopic (exact) mass is 502 g/mol. The molecule has 1 aliphatic rings. The molecule has 8 heteroatoms. The van der Waals surface area contributed by atoms with E-state index >= 15 is 0 Å². The Morgan fingerprint density at radius 1 is 1.29 bits per heavy atom. The molecule has 1 atom stereocenters. The van der Waals surface area contributed by atoms with E-state index in [1.165, 1.54) is 4.68 Å². The maximum Gasteiger partial charge on any atom is 0.331 e. The molecule has 1 aromatic carbocycles. The van der Waals surface area contributed by atoms with E-state index in [-0.39, 0.29) is 5.41 Å². The average molecular weight is 503 g/mol. The summed E-state index contributed by atoms with van der Waals surface area (Å²) in [7, 11) is 1.69. The minimum Gasteiger partial charge on any atom is -0.479 e. The van der Waals surface area contributed by atoms with Crippen molar-refractivity contribution in [3.8, 4) is 0 Å². The number of carbonyl (C=O) groups is 1. The first-order chi connectivity index (χ1) is 16.3. The highest BCUT2D eigenvalue weighted by Gasteiger charge is 2.38. The SMILES string of the molecule is COCCN1C=C(c2cnn(C(C)(C)C(=O)O)c2)[C@](C)(c2ccc(CCC(C)(C)C)c(Cl)c2)NC1. The second kappa shape index (κ2) is 10.3. The molecule has 0 unspecified atom stereocenters. The lowest BCUT2D eigenvalue weighted by molar-refractivity contribution is -0.146. The van der Waals surface area contributed by atoms with Crippen molar-refractivity contribution in [1.29, 1.82) is 0 Å². The van der Waals surface area contributed by atoms with Gasteiger partial charge in [-0.25, -0.2) is 4.79 Å². The van der Waals surface area contributed by atoms with Crippen LogP contribution in [-0.2, 0) is 27.0 Å². The molecule has 1 aromatic heterocycles. The van der Waals surface area contributed by atoms with Gasteiger partial charge in [-0.3, -0.25) is 10.00 Å². The Hall–Kier alpha value is -2.35. The Morgan fingerprint density at radius 3 is 2.60 bits per heavy atom. The summed E-state index contributed by atoms with van der Waals surface area (Å²) in [5, 5.41) is 18.5. The van der Waals surface area contributed by atoms with Gasteiger partial charge in [0.1, 0.15) is 0 Å². The van der Waals surface area contributed by atoms with Crippen molar-refractivity contribution in [1.82, 2.24) is 20.0 Å². The minimum absolute atomic E-state index is 0.240. The Bertz CT molecular complexity index is 1090. The average Bonchev–Trinajstić information content (AvgIpc) is 3.27. The number of methoxy groups -OCH3 is 1. The number of hydrogen-bond acceptors (Lipinski definition) is 5. The molecule has 0 spiro atoms. The van der Waals surface area contributed by atoms with E-state index in [4.69, 9.17) is 16.3 Å². The Kier molecular flexibility index (Phi) is 8.04. The number of benzene rings is 1. The zero-order chi connectivity index (χ0) is 26.0. The van der Waals surface area contributed by atoms with Gasteiger partial charge < -0.3 is 14.7 Å². The van der Waals surface area contributed by atoms with Gasteiger partial charge in [-0.2, -0.15) is 5.10 Å². The zero-order valence-corrected chi connectivity index (χ0v) is 22.7. The van der Waals surface area contributed by atoms with Gasteiger partial charge >= 0.3 is 5.97 Å². The molecule has 0 fully saturated rings. The van der Waals surface area contributed by atoms with Gasteiger partial charge in [0, 0.05) is 42.2 Å². The lowest BCUT2D eigenvalue weighted by atomic mass is 9.80. The summed E-state index contributed by atoms with van der Waals surface area (Å²) in [6.07, 6.45) is 7.64. The second-order valence-electron chi connectivity index (χ2n) is 11.2. The zero-order valence-electron chi connectivity index (χ0n) is 22.0. The number of hydrogen-bond donors (Lipinski definition) is 2. The summed E-state index contributed by atoms with van der Waals surface area (Å²) in [5.41, 5.74) is 2.57. The van der Waals surface area contributed by atoms with Crippen molar-refractivity contribution in [2.45, 2.75) is 65.5 Å². The normalized spacial score (nSPS) is 19.1. The summed E-state index contributed by atoms with van der Waals surface area (Å²) < 4.78 is 6.78. The third-order valence-corrected chi connectivity index (χ3v) is 7.18. The Balaban J connectivity index is 2.01. The van der Waals surface area contributed by atoms with Crippen molar-refractivity contribution < 1.29 is 14.6 Å². The number of carboxylic acids is 1. The van der Waals surface area contributed by atoms with Crippen molar-refractivity contribution in [2.75, 3.05) is 26.9 Å². The number of aromatic nitrogens is 2. The largest absolute Gasteiger partial charge is 0.479 e. The fourth-order valence-electron chi connectivity index (χ4n) is 4.12. The maximum atomic E-state index is 11.8. The first kappa shape index (κ1) is 27.2. The molecule has 2 aromatic rings. The summed E-state index contributed by atoms with van der Waals surface area (Å²) in [4.78, 5) is 13.9. The van der Waals surface area contributed by atoms with E-state index in [0.29, 0.717) is 13.3 Å². The third-order valence-electron chi connectivity index (χ3n) is 6.83. The van der Waals surface area contributed by atoms with Crippen LogP contribution in [0.5, 0.6) is 0 Å². The Morgan fingerprint density at radius 2 is 2.00 bits per heavy atom. The molecule has 192 valence electrons. The summed E-state index contributed by atoms with van der Waals surface area (Å²) >= 11 is 6.77. The van der Waals surface area contributed by atoms with Gasteiger partial charge in [0.05, 0.1) is 25.0 Å². The molecule has 7 nitrogen and oxygen atoms in total. The molecule has 2 heterocycles. The molecule has 0 saturated carbocycles. The van der Waals surface area contributed by atoms with Crippen LogP contribution < -0.4 is 5.32 Å². The van der Waals surface area contributed by atoms with Gasteiger partial charge in [-0.1, -0.05) is 44.5 Å². The van der Waals surface area contributed by atoms with Crippen molar-refractivity contribution in [3.05, 3.63) is 58.5 Å². The third kappa shape index (κ3) is 6.08. The molecule has 1 aliphatic heterocycles. The fourth-order valence-corrected chi connectivity index (χ4v) is 4.40. The standard InChI is InChI=1S/C27H39ClN4O3/c1-25(2,3)11-10-19-8-9-21(14-23(19)28)27(6)22(17-31(18-29-27)12-13-35-7)20-15-30-32(16-20)26(4,5)24(33)34/h8-9,14-17,29H,10-13,18H2,1-7H3,(H,33,34)/t27-/m0/s1. The van der Waals surface area contributed by atoms with Crippen molar-refractivity contribution >= 4 is 23.1 Å². The van der Waals surface area contributed by atoms with Gasteiger partial charge in [0.25, 0.3) is 0 Å². The number of carboxylic acid groups (broad SMARTS) is 1. The quantitative estimate of drug-likeness (QED) is 0.496. The molecular formula is C27H39ClN4O3. The molecule has 3 rings (SSSR count). The van der Waals surface area contributed by atoms with Crippen LogP contribution >= 0.6 is 11.6 Å². The number of halogens is 1. The molecule has 0 saturated heterocycles. The molecule has 0 bridgehead atoms. The topological polar surface area (TPSA) is 79.6 Å². The fraction of sp³-hybridized carbons (Fsp3) is 0.556. The van der Waals surface area contributed by atoms with Crippen LogP contribution in [0.3, 0.4) is 0 Å². The predicted octanol–water partition coefficient (Wildman–Crippen LogP) is 5.10. The van der Waals surface area contributed by atoms with Crippen LogP contribution in [-0.4, -0.2) is 52.7 Å². The maximum absolute atomic E-state index is 11.8. The predicted molar refractivity (Wildman–Crippen MR) is 140 cm³/mol. The highest BCUT2D eigenvalue weighted by Crippen LogP contribution is 2.40. The lowest BCUT2D eigenvalue weighted by Crippen LogP contribution is -2.50. The highest BCUT2D eigenvalue weighted by molar-refractivity contribution is 6.31. The van der Waals surface area contributed by atoms with E-state index in [9.17, 15) is 9.90 Å². The summed E-state index contributed by atoms with van der Waals surface area (Å²) in [5.74, 6) is -0.940. The lowest BCUT2D eigenvalue weighted by Gasteiger charge is -2.41. The van der Waals surface area contributed by atoms with Crippen LogP contribution in [0.4, 0.5) is 0 Å². The van der Waals surface area contributed by atoms with Crippen molar-refractivity contribution in [3.63, 3.8) is 0 Å². The molecule has 0 aliphatic carbocycles. The van der Waals surface area contributed by atoms with Crippen molar-refractivity contribution in [2.24, 2.45) is 5.41 Å². The number of nitrogens with one attached hydrogen (secondary N) is 1. The minimum atomic E-state index is -1.16. The van der Waals surface area contributed by atoms with E-state index in [0.717, 1.165) is 46.7 Å². The first-order valence-electron chi connectivity index (χ1n) is 12.1. The van der Waals surface area contributed by atoms with Crippen LogP contribution in [0.1, 0.15) is 64.7 Å². The van der Waals surface area contributed by atoms with Crippen LogP contribution in [0, 0.1) is 5.41 Å². The second-order valence-corrected chi connectivity index (χ2v) is 11.6. The molecule has 0 amide bonds. The highest BCUT2D eigenvalue weighted by atomic mass is 35.5. The molecule has 2 N–H and O–H groups in total. The van der Waals surface area contributed by atoms with Gasteiger partial charge in [-0.15, -0.1) is 0 Å². The first-order valence-corrected chi connectivity index (χ1v) is 12.4. The van der Waals surface area contributed by atoms with Crippen LogP contribution in [0.2, 0.25) is 5.02 Å². The van der Waals surface area contributed by atoms with E-state index in [2.05, 4.69) is 67.4 Å². The Labute approximate surface area is 214 Å². The van der Waals surface area contributed by atoms with Gasteiger partial charge in [0.2, 0.25) is 0 Å². The number of nitrogens with zero attached hydrogens (tertiary/aromatic N) is 3. The van der Waals surface area contributed by atoms with Crippen LogP contribution in [0.25, 0.3) is 5.57 Å². The number of aryl methyl sites for hydroxylation is 1. The van der Waals surface area contributed by atoms with Gasteiger partial charge in [-0.05, 0) is 56.2 Å². The number of rotatable bonds is 9. The molecule has 35 heavy (non-hydrogen) atoms. The van der Waals surface area contributed by atoms with Gasteiger partial charge in [0.15, 0.2) is 5.54 Å². The smallest absolute Gasteiger partial charge is 0.331 e. The van der Waals surface area contributed by atoms with Crippen LogP contribution in [0.15, 0.2) is 36.8 Å². The number of ether oxygens (including phenoxy) is 1. The summed E-state index contributed by atoms with van der Waals surface area (Å²) in [6.45, 7) is 14.1. The van der Waals surface area contributed by atoms with E-state index in [1.54, 1.807) is 33.4 Å².